The van der Waals surface area contributed by atoms with Crippen molar-refractivity contribution < 1.29 is 9.53 Å². The second-order valence-corrected chi connectivity index (χ2v) is 4.72. The van der Waals surface area contributed by atoms with Gasteiger partial charge in [-0.2, -0.15) is 0 Å². The lowest BCUT2D eigenvalue weighted by atomic mass is 10.2. The van der Waals surface area contributed by atoms with Crippen LogP contribution < -0.4 is 5.32 Å². The van der Waals surface area contributed by atoms with E-state index >= 15 is 0 Å². The third-order valence-corrected chi connectivity index (χ3v) is 3.14. The maximum absolute atomic E-state index is 11.9. The molecule has 1 aromatic carbocycles. The van der Waals surface area contributed by atoms with E-state index < -0.39 is 6.09 Å². The summed E-state index contributed by atoms with van der Waals surface area (Å²) in [7, 11) is 1.99. The van der Waals surface area contributed by atoms with Gasteiger partial charge in [-0.25, -0.2) is 4.79 Å². The molecule has 21 heavy (non-hydrogen) atoms. The molecule has 2 aromatic rings. The molecular formula is C17H20N2O2. The molecule has 0 atom stereocenters. The highest BCUT2D eigenvalue weighted by molar-refractivity contribution is 5.90. The second-order valence-electron chi connectivity index (χ2n) is 4.72. The average molecular weight is 284 g/mol. The van der Waals surface area contributed by atoms with Gasteiger partial charge in [-0.05, 0) is 49.8 Å². The van der Waals surface area contributed by atoms with Crippen LogP contribution in [-0.4, -0.2) is 10.7 Å². The van der Waals surface area contributed by atoms with Crippen LogP contribution >= 0.6 is 0 Å². The van der Waals surface area contributed by atoms with E-state index in [1.54, 1.807) is 12.2 Å². The number of ether oxygens (including phenoxy) is 1. The predicted octanol–water partition coefficient (Wildman–Crippen LogP) is 4.60. The van der Waals surface area contributed by atoms with Crippen LogP contribution in [0.1, 0.15) is 20.3 Å². The molecule has 1 aromatic heterocycles. The number of carbonyl (C=O) groups is 1. The number of hydrogen-bond donors (Lipinski definition) is 1. The lowest BCUT2D eigenvalue weighted by molar-refractivity contribution is 0.194. The van der Waals surface area contributed by atoms with Crippen molar-refractivity contribution in [1.29, 1.82) is 0 Å². The summed E-state index contributed by atoms with van der Waals surface area (Å²) in [5.41, 5.74) is 1.84. The fraction of sp³-hybridized carbons (Fsp3) is 0.235. The van der Waals surface area contributed by atoms with Gasteiger partial charge in [0.2, 0.25) is 0 Å². The van der Waals surface area contributed by atoms with Crippen molar-refractivity contribution in [3.8, 4) is 0 Å². The van der Waals surface area contributed by atoms with Crippen molar-refractivity contribution >= 4 is 22.7 Å². The Morgan fingerprint density at radius 1 is 1.38 bits per heavy atom. The van der Waals surface area contributed by atoms with Crippen LogP contribution in [-0.2, 0) is 11.8 Å². The number of fused-ring (bicyclic) bond motifs is 1. The van der Waals surface area contributed by atoms with Crippen molar-refractivity contribution in [2.75, 3.05) is 5.32 Å². The topological polar surface area (TPSA) is 43.3 Å². The van der Waals surface area contributed by atoms with Crippen molar-refractivity contribution in [3.05, 3.63) is 54.4 Å². The van der Waals surface area contributed by atoms with Crippen LogP contribution in [0.2, 0.25) is 0 Å². The van der Waals surface area contributed by atoms with Crippen molar-refractivity contribution in [2.24, 2.45) is 7.05 Å². The largest absolute Gasteiger partial charge is 0.417 e. The lowest BCUT2D eigenvalue weighted by Gasteiger charge is -2.07. The molecule has 4 heteroatoms. The van der Waals surface area contributed by atoms with Crippen molar-refractivity contribution in [3.63, 3.8) is 0 Å². The minimum atomic E-state index is -0.487. The standard InChI is InChI=1S/C17H20N2O2/c1-4-6-7-15(5-2)21-17(20)18-14-8-9-16-13(12-14)10-11-19(16)3/h5-12H,4H2,1-3H3,(H,18,20)/b7-6-,15-5+. The maximum Gasteiger partial charge on any atom is 0.417 e. The first-order chi connectivity index (χ1) is 10.1. The number of amides is 1. The van der Waals surface area contributed by atoms with Crippen LogP contribution in [0, 0.1) is 0 Å². The molecule has 0 spiro atoms. The fourth-order valence-electron chi connectivity index (χ4n) is 2.03. The van der Waals surface area contributed by atoms with E-state index in [0.29, 0.717) is 11.4 Å². The minimum absolute atomic E-state index is 0.487. The average Bonchev–Trinajstić information content (AvgIpc) is 2.84. The second kappa shape index (κ2) is 6.79. The molecule has 0 bridgehead atoms. The first kappa shape index (κ1) is 14.9. The zero-order chi connectivity index (χ0) is 15.2. The van der Waals surface area contributed by atoms with Gasteiger partial charge in [0.25, 0.3) is 0 Å². The number of nitrogens with zero attached hydrogens (tertiary/aromatic N) is 1. The zero-order valence-corrected chi connectivity index (χ0v) is 12.6. The monoisotopic (exact) mass is 284 g/mol. The zero-order valence-electron chi connectivity index (χ0n) is 12.6. The summed E-state index contributed by atoms with van der Waals surface area (Å²) >= 11 is 0. The molecule has 0 saturated carbocycles. The van der Waals surface area contributed by atoms with E-state index in [0.717, 1.165) is 17.3 Å². The fourth-order valence-corrected chi connectivity index (χ4v) is 2.03. The Hall–Kier alpha value is -2.49. The number of rotatable bonds is 4. The lowest BCUT2D eigenvalue weighted by Crippen LogP contribution is -2.12. The highest BCUT2D eigenvalue weighted by Gasteiger charge is 2.06. The summed E-state index contributed by atoms with van der Waals surface area (Å²) in [5, 5.41) is 3.82. The summed E-state index contributed by atoms with van der Waals surface area (Å²) in [5.74, 6) is 0.537. The van der Waals surface area contributed by atoms with Gasteiger partial charge in [-0.3, -0.25) is 5.32 Å². The van der Waals surface area contributed by atoms with Gasteiger partial charge in [0.15, 0.2) is 0 Å². The van der Waals surface area contributed by atoms with Gasteiger partial charge in [0.05, 0.1) is 0 Å². The smallest absolute Gasteiger partial charge is 0.410 e. The third-order valence-electron chi connectivity index (χ3n) is 3.14. The number of anilines is 1. The molecular weight excluding hydrogens is 264 g/mol. The minimum Gasteiger partial charge on any atom is -0.410 e. The van der Waals surface area contributed by atoms with E-state index in [2.05, 4.69) is 5.32 Å². The Kier molecular flexibility index (Phi) is 4.82. The quantitative estimate of drug-likeness (QED) is 0.658. The molecule has 2 rings (SSSR count). The molecule has 0 aliphatic heterocycles. The van der Waals surface area contributed by atoms with Crippen LogP contribution in [0.5, 0.6) is 0 Å². The van der Waals surface area contributed by atoms with Gasteiger partial charge in [0.1, 0.15) is 5.76 Å². The SMILES string of the molecule is C/C=C(\C=C/CC)OC(=O)Nc1ccc2c(ccn2C)c1. The van der Waals surface area contributed by atoms with E-state index in [1.165, 1.54) is 0 Å². The van der Waals surface area contributed by atoms with Crippen molar-refractivity contribution in [1.82, 2.24) is 4.57 Å². The van der Waals surface area contributed by atoms with Gasteiger partial charge >= 0.3 is 6.09 Å². The van der Waals surface area contributed by atoms with E-state index in [4.69, 9.17) is 4.74 Å². The molecule has 0 saturated heterocycles. The first-order valence-corrected chi connectivity index (χ1v) is 7.00. The predicted molar refractivity (Wildman–Crippen MR) is 86.2 cm³/mol. The normalized spacial score (nSPS) is 12.0. The van der Waals surface area contributed by atoms with Gasteiger partial charge in [0, 0.05) is 29.8 Å². The number of aromatic nitrogens is 1. The number of carbonyl (C=O) groups excluding carboxylic acids is 1. The van der Waals surface area contributed by atoms with Gasteiger partial charge in [-0.15, -0.1) is 0 Å². The highest BCUT2D eigenvalue weighted by Crippen LogP contribution is 2.20. The molecule has 1 N–H and O–H groups in total. The summed E-state index contributed by atoms with van der Waals surface area (Å²) in [6.45, 7) is 3.86. The molecule has 0 aliphatic carbocycles. The molecule has 0 radical (unpaired) electrons. The van der Waals surface area contributed by atoms with Crippen LogP contribution in [0.4, 0.5) is 10.5 Å². The summed E-state index contributed by atoms with van der Waals surface area (Å²) in [4.78, 5) is 11.9. The summed E-state index contributed by atoms with van der Waals surface area (Å²) in [6.07, 6.45) is 7.89. The molecule has 1 heterocycles. The Balaban J connectivity index is 2.05. The van der Waals surface area contributed by atoms with E-state index in [9.17, 15) is 4.79 Å². The Bertz CT molecular complexity index is 696. The summed E-state index contributed by atoms with van der Waals surface area (Å²) in [6, 6.07) is 7.76. The third kappa shape index (κ3) is 3.75. The number of aryl methyl sites for hydroxylation is 1. The van der Waals surface area contributed by atoms with Crippen molar-refractivity contribution in [2.45, 2.75) is 20.3 Å². The van der Waals surface area contributed by atoms with Crippen LogP contribution in [0.15, 0.2) is 54.4 Å². The maximum atomic E-state index is 11.9. The van der Waals surface area contributed by atoms with Gasteiger partial charge in [-0.1, -0.05) is 13.0 Å². The van der Waals surface area contributed by atoms with E-state index in [-0.39, 0.29) is 0 Å². The van der Waals surface area contributed by atoms with Gasteiger partial charge < -0.3 is 9.30 Å². The number of allylic oxidation sites excluding steroid dienone is 3. The molecule has 110 valence electrons. The molecule has 4 nitrogen and oxygen atoms in total. The molecule has 0 aliphatic rings. The Morgan fingerprint density at radius 3 is 2.90 bits per heavy atom. The Morgan fingerprint density at radius 2 is 2.19 bits per heavy atom. The molecule has 0 unspecified atom stereocenters. The first-order valence-electron chi connectivity index (χ1n) is 7.00. The van der Waals surface area contributed by atoms with Crippen LogP contribution in [0.25, 0.3) is 10.9 Å². The number of hydrogen-bond acceptors (Lipinski definition) is 2. The highest BCUT2D eigenvalue weighted by atomic mass is 16.6. The van der Waals surface area contributed by atoms with E-state index in [1.807, 2.05) is 62.0 Å². The number of nitrogens with one attached hydrogen (secondary N) is 1. The Labute approximate surface area is 124 Å². The number of benzene rings is 1. The van der Waals surface area contributed by atoms with Crippen LogP contribution in [0.3, 0.4) is 0 Å². The molecule has 1 amide bonds. The molecule has 0 fully saturated rings. The summed E-state index contributed by atoms with van der Waals surface area (Å²) < 4.78 is 7.27.